The second kappa shape index (κ2) is 6.37. The number of nitrogens with two attached hydrogens (primary N) is 1. The Hall–Kier alpha value is -2.41. The Morgan fingerprint density at radius 3 is 3.00 bits per heavy atom. The van der Waals surface area contributed by atoms with Crippen LogP contribution in [0, 0.1) is 5.82 Å². The van der Waals surface area contributed by atoms with Crippen molar-refractivity contribution in [1.82, 2.24) is 15.1 Å². The van der Waals surface area contributed by atoms with Crippen molar-refractivity contribution in [3.63, 3.8) is 0 Å². The number of anilines is 1. The van der Waals surface area contributed by atoms with Gasteiger partial charge in [0.1, 0.15) is 17.4 Å². The molecule has 2 heterocycles. The first kappa shape index (κ1) is 15.5. The molecule has 6 nitrogen and oxygen atoms in total. The maximum absolute atomic E-state index is 13.0. The van der Waals surface area contributed by atoms with Crippen LogP contribution in [0.2, 0.25) is 5.02 Å². The van der Waals surface area contributed by atoms with Crippen molar-refractivity contribution in [3.8, 4) is 5.75 Å². The molecule has 1 amide bonds. The van der Waals surface area contributed by atoms with Crippen LogP contribution >= 0.6 is 11.6 Å². The van der Waals surface area contributed by atoms with Crippen LogP contribution in [0.4, 0.5) is 10.2 Å². The fraction of sp³-hybridized carbons (Fsp3) is 0.267. The number of ether oxygens (including phenoxy) is 1. The van der Waals surface area contributed by atoms with Gasteiger partial charge in [-0.25, -0.2) is 4.39 Å². The second-order valence-corrected chi connectivity index (χ2v) is 5.58. The lowest BCUT2D eigenvalue weighted by atomic mass is 10.1. The van der Waals surface area contributed by atoms with Crippen molar-refractivity contribution in [2.75, 3.05) is 18.9 Å². The van der Waals surface area contributed by atoms with Gasteiger partial charge in [0.2, 0.25) is 0 Å². The predicted octanol–water partition coefficient (Wildman–Crippen LogP) is 1.81. The van der Waals surface area contributed by atoms with Crippen LogP contribution in [0.1, 0.15) is 11.3 Å². The molecule has 8 heteroatoms. The highest BCUT2D eigenvalue weighted by Gasteiger charge is 2.22. The number of rotatable bonds is 3. The summed E-state index contributed by atoms with van der Waals surface area (Å²) in [6.45, 7) is 0.772. The van der Waals surface area contributed by atoms with Gasteiger partial charge in [-0.15, -0.1) is 5.10 Å². The molecule has 0 fully saturated rings. The van der Waals surface area contributed by atoms with E-state index in [4.69, 9.17) is 22.1 Å². The molecule has 1 aliphatic heterocycles. The highest BCUT2D eigenvalue weighted by Crippen LogP contribution is 2.25. The quantitative estimate of drug-likeness (QED) is 0.924. The largest absolute Gasteiger partial charge is 0.482 e. The SMILES string of the molecule is Nc1cc2c(nn1)CCN(C(=O)COc1ccc(F)cc1Cl)C2. The molecule has 0 saturated carbocycles. The number of hydrogen-bond donors (Lipinski definition) is 1. The van der Waals surface area contributed by atoms with Crippen molar-refractivity contribution >= 4 is 23.3 Å². The summed E-state index contributed by atoms with van der Waals surface area (Å²) in [5.41, 5.74) is 7.36. The minimum atomic E-state index is -0.458. The van der Waals surface area contributed by atoms with Gasteiger partial charge in [0.25, 0.3) is 5.91 Å². The maximum atomic E-state index is 13.0. The fourth-order valence-corrected chi connectivity index (χ4v) is 2.60. The number of carbonyl (C=O) groups is 1. The zero-order chi connectivity index (χ0) is 16.4. The van der Waals surface area contributed by atoms with E-state index in [9.17, 15) is 9.18 Å². The number of benzene rings is 1. The van der Waals surface area contributed by atoms with Gasteiger partial charge >= 0.3 is 0 Å². The lowest BCUT2D eigenvalue weighted by Gasteiger charge is -2.28. The van der Waals surface area contributed by atoms with Gasteiger partial charge in [-0.05, 0) is 29.8 Å². The van der Waals surface area contributed by atoms with Crippen LogP contribution in [-0.2, 0) is 17.8 Å². The molecule has 3 rings (SSSR count). The average molecular weight is 337 g/mol. The first-order valence-corrected chi connectivity index (χ1v) is 7.37. The molecule has 2 aromatic rings. The number of nitrogen functional groups attached to an aromatic ring is 1. The molecular weight excluding hydrogens is 323 g/mol. The molecule has 1 aliphatic rings. The molecule has 0 spiro atoms. The summed E-state index contributed by atoms with van der Waals surface area (Å²) in [5, 5.41) is 7.97. The molecule has 0 atom stereocenters. The zero-order valence-corrected chi connectivity index (χ0v) is 12.9. The molecular formula is C15H14ClFN4O2. The molecule has 0 unspecified atom stereocenters. The molecule has 2 N–H and O–H groups in total. The summed E-state index contributed by atoms with van der Waals surface area (Å²) in [5.74, 6) is -0.0484. The third-order valence-electron chi connectivity index (χ3n) is 3.56. The summed E-state index contributed by atoms with van der Waals surface area (Å²) in [4.78, 5) is 13.9. The van der Waals surface area contributed by atoms with E-state index in [0.717, 1.165) is 17.3 Å². The van der Waals surface area contributed by atoms with Crippen molar-refractivity contribution in [2.24, 2.45) is 0 Å². The number of carbonyl (C=O) groups excluding carboxylic acids is 1. The first-order chi connectivity index (χ1) is 11.0. The van der Waals surface area contributed by atoms with E-state index in [-0.39, 0.29) is 23.3 Å². The summed E-state index contributed by atoms with van der Waals surface area (Å²) in [7, 11) is 0. The molecule has 23 heavy (non-hydrogen) atoms. The van der Waals surface area contributed by atoms with Crippen molar-refractivity contribution in [3.05, 3.63) is 46.4 Å². The Morgan fingerprint density at radius 1 is 1.39 bits per heavy atom. The molecule has 0 aliphatic carbocycles. The first-order valence-electron chi connectivity index (χ1n) is 6.99. The number of hydrogen-bond acceptors (Lipinski definition) is 5. The van der Waals surface area contributed by atoms with Gasteiger partial charge in [-0.2, -0.15) is 5.10 Å². The van der Waals surface area contributed by atoms with E-state index in [1.165, 1.54) is 12.1 Å². The summed E-state index contributed by atoms with van der Waals surface area (Å²) in [6, 6.07) is 5.48. The third kappa shape index (κ3) is 3.50. The van der Waals surface area contributed by atoms with Crippen molar-refractivity contribution < 1.29 is 13.9 Å². The van der Waals surface area contributed by atoms with Crippen molar-refractivity contribution in [1.29, 1.82) is 0 Å². The van der Waals surface area contributed by atoms with E-state index in [1.54, 1.807) is 11.0 Å². The Balaban J connectivity index is 1.63. The zero-order valence-electron chi connectivity index (χ0n) is 12.1. The number of amides is 1. The Kier molecular flexibility index (Phi) is 4.29. The molecule has 0 radical (unpaired) electrons. The smallest absolute Gasteiger partial charge is 0.260 e. The van der Waals surface area contributed by atoms with E-state index in [2.05, 4.69) is 10.2 Å². The van der Waals surface area contributed by atoms with Gasteiger partial charge in [0.05, 0.1) is 10.7 Å². The van der Waals surface area contributed by atoms with Gasteiger partial charge in [0, 0.05) is 19.5 Å². The molecule has 120 valence electrons. The summed E-state index contributed by atoms with van der Waals surface area (Å²) >= 11 is 5.86. The van der Waals surface area contributed by atoms with Crippen LogP contribution in [0.5, 0.6) is 5.75 Å². The topological polar surface area (TPSA) is 81.3 Å². The van der Waals surface area contributed by atoms with Crippen LogP contribution in [-0.4, -0.2) is 34.2 Å². The van der Waals surface area contributed by atoms with Crippen molar-refractivity contribution in [2.45, 2.75) is 13.0 Å². The highest BCUT2D eigenvalue weighted by molar-refractivity contribution is 6.32. The number of nitrogens with zero attached hydrogens (tertiary/aromatic N) is 3. The molecule has 0 bridgehead atoms. The Bertz CT molecular complexity index is 756. The Labute approximate surface area is 137 Å². The highest BCUT2D eigenvalue weighted by atomic mass is 35.5. The lowest BCUT2D eigenvalue weighted by molar-refractivity contribution is -0.134. The fourth-order valence-electron chi connectivity index (χ4n) is 2.38. The van der Waals surface area contributed by atoms with Crippen LogP contribution in [0.15, 0.2) is 24.3 Å². The van der Waals surface area contributed by atoms with E-state index in [0.29, 0.717) is 25.3 Å². The van der Waals surface area contributed by atoms with Gasteiger partial charge in [0.15, 0.2) is 6.61 Å². The molecule has 0 saturated heterocycles. The molecule has 1 aromatic carbocycles. The average Bonchev–Trinajstić information content (AvgIpc) is 2.53. The Morgan fingerprint density at radius 2 is 2.22 bits per heavy atom. The number of halogens is 2. The third-order valence-corrected chi connectivity index (χ3v) is 3.85. The summed E-state index contributed by atoms with van der Waals surface area (Å²) < 4.78 is 18.4. The van der Waals surface area contributed by atoms with Crippen LogP contribution < -0.4 is 10.5 Å². The molecule has 1 aromatic heterocycles. The van der Waals surface area contributed by atoms with Gasteiger partial charge in [-0.3, -0.25) is 4.79 Å². The number of aromatic nitrogens is 2. The van der Waals surface area contributed by atoms with Crippen LogP contribution in [0.3, 0.4) is 0 Å². The number of fused-ring (bicyclic) bond motifs is 1. The normalized spacial score (nSPS) is 13.6. The van der Waals surface area contributed by atoms with E-state index in [1.807, 2.05) is 0 Å². The van der Waals surface area contributed by atoms with Gasteiger partial charge in [-0.1, -0.05) is 11.6 Å². The standard InChI is InChI=1S/C15H14ClFN4O2/c16-11-6-10(17)1-2-13(11)23-8-15(22)21-4-3-12-9(7-21)5-14(18)20-19-12/h1-2,5-6H,3-4,7-8H2,(H2,18,20). The summed E-state index contributed by atoms with van der Waals surface area (Å²) in [6.07, 6.45) is 0.617. The van der Waals surface area contributed by atoms with E-state index < -0.39 is 5.82 Å². The predicted molar refractivity (Wildman–Crippen MR) is 82.5 cm³/mol. The lowest BCUT2D eigenvalue weighted by Crippen LogP contribution is -2.39. The van der Waals surface area contributed by atoms with Gasteiger partial charge < -0.3 is 15.4 Å². The van der Waals surface area contributed by atoms with Crippen LogP contribution in [0.25, 0.3) is 0 Å². The minimum absolute atomic E-state index is 0.129. The van der Waals surface area contributed by atoms with E-state index >= 15 is 0 Å². The monoisotopic (exact) mass is 336 g/mol. The minimum Gasteiger partial charge on any atom is -0.482 e. The maximum Gasteiger partial charge on any atom is 0.260 e. The second-order valence-electron chi connectivity index (χ2n) is 5.17.